The summed E-state index contributed by atoms with van der Waals surface area (Å²) in [7, 11) is 0. The van der Waals surface area contributed by atoms with E-state index in [0.29, 0.717) is 6.04 Å². The molecule has 21 heavy (non-hydrogen) atoms. The summed E-state index contributed by atoms with van der Waals surface area (Å²) in [6, 6.07) is 8.22. The van der Waals surface area contributed by atoms with Gasteiger partial charge in [0, 0.05) is 48.1 Å². The number of benzene rings is 1. The summed E-state index contributed by atoms with van der Waals surface area (Å²) in [5, 5.41) is 5.26. The zero-order valence-corrected chi connectivity index (χ0v) is 12.6. The number of halogens is 1. The second kappa shape index (κ2) is 6.24. The van der Waals surface area contributed by atoms with E-state index in [0.717, 1.165) is 34.6 Å². The van der Waals surface area contributed by atoms with Crippen molar-refractivity contribution in [3.05, 3.63) is 59.8 Å². The number of rotatable bonds is 5. The summed E-state index contributed by atoms with van der Waals surface area (Å²) in [5.74, 6) is 0. The monoisotopic (exact) mass is 300 g/mol. The van der Waals surface area contributed by atoms with Crippen molar-refractivity contribution in [2.75, 3.05) is 0 Å². The number of fused-ring (bicyclic) bond motifs is 1. The van der Waals surface area contributed by atoms with Crippen LogP contribution in [0.1, 0.15) is 12.5 Å². The molecule has 2 aromatic heterocycles. The molecule has 3 aromatic rings. The maximum absolute atomic E-state index is 6.22. The highest BCUT2D eigenvalue weighted by Gasteiger charge is 2.07. The predicted octanol–water partition coefficient (Wildman–Crippen LogP) is 3.26. The normalized spacial score (nSPS) is 12.7. The Labute approximate surface area is 128 Å². The second-order valence-electron chi connectivity index (χ2n) is 5.15. The van der Waals surface area contributed by atoms with Crippen LogP contribution in [0.4, 0.5) is 0 Å². The van der Waals surface area contributed by atoms with Gasteiger partial charge in [0.2, 0.25) is 0 Å². The van der Waals surface area contributed by atoms with Gasteiger partial charge in [-0.05, 0) is 30.7 Å². The second-order valence-corrected chi connectivity index (χ2v) is 5.55. The van der Waals surface area contributed by atoms with Gasteiger partial charge in [0.15, 0.2) is 0 Å². The quantitative estimate of drug-likeness (QED) is 0.786. The van der Waals surface area contributed by atoms with Crippen LogP contribution in [-0.2, 0) is 13.1 Å². The largest absolute Gasteiger partial charge is 0.336 e. The van der Waals surface area contributed by atoms with Crippen molar-refractivity contribution in [3.63, 3.8) is 0 Å². The number of aromatic nitrogens is 3. The van der Waals surface area contributed by atoms with E-state index < -0.39 is 0 Å². The summed E-state index contributed by atoms with van der Waals surface area (Å²) in [6.07, 6.45) is 7.40. The van der Waals surface area contributed by atoms with Crippen LogP contribution in [0.15, 0.2) is 49.2 Å². The number of hydrogen-bond donors (Lipinski definition) is 1. The molecule has 0 fully saturated rings. The topological polar surface area (TPSA) is 42.7 Å². The summed E-state index contributed by atoms with van der Waals surface area (Å²) in [6.45, 7) is 3.81. The Kier molecular flexibility index (Phi) is 4.18. The average molecular weight is 301 g/mol. The van der Waals surface area contributed by atoms with Gasteiger partial charge in [-0.25, -0.2) is 4.98 Å². The molecule has 0 radical (unpaired) electrons. The molecule has 0 saturated heterocycles. The van der Waals surface area contributed by atoms with Crippen LogP contribution in [0.5, 0.6) is 0 Å². The van der Waals surface area contributed by atoms with E-state index in [-0.39, 0.29) is 0 Å². The van der Waals surface area contributed by atoms with Crippen LogP contribution in [0.3, 0.4) is 0 Å². The molecule has 108 valence electrons. The molecule has 0 amide bonds. The lowest BCUT2D eigenvalue weighted by molar-refractivity contribution is 0.477. The van der Waals surface area contributed by atoms with Gasteiger partial charge in [0.1, 0.15) is 0 Å². The smallest absolute Gasteiger partial charge is 0.0946 e. The molecule has 0 bridgehead atoms. The third-order valence-corrected chi connectivity index (χ3v) is 3.81. The lowest BCUT2D eigenvalue weighted by atomic mass is 10.1. The highest BCUT2D eigenvalue weighted by atomic mass is 35.5. The van der Waals surface area contributed by atoms with Crippen molar-refractivity contribution in [2.45, 2.75) is 26.1 Å². The fourth-order valence-electron chi connectivity index (χ4n) is 2.40. The van der Waals surface area contributed by atoms with Crippen LogP contribution in [0, 0.1) is 0 Å². The van der Waals surface area contributed by atoms with Gasteiger partial charge in [-0.15, -0.1) is 0 Å². The summed E-state index contributed by atoms with van der Waals surface area (Å²) >= 11 is 6.22. The highest BCUT2D eigenvalue weighted by Crippen LogP contribution is 2.24. The van der Waals surface area contributed by atoms with E-state index in [1.807, 2.05) is 36.8 Å². The summed E-state index contributed by atoms with van der Waals surface area (Å²) in [4.78, 5) is 8.51. The van der Waals surface area contributed by atoms with E-state index in [9.17, 15) is 0 Å². The van der Waals surface area contributed by atoms with Gasteiger partial charge in [-0.1, -0.05) is 17.7 Å². The molecule has 4 nitrogen and oxygen atoms in total. The van der Waals surface area contributed by atoms with Gasteiger partial charge >= 0.3 is 0 Å². The van der Waals surface area contributed by atoms with E-state index in [2.05, 4.69) is 26.8 Å². The van der Waals surface area contributed by atoms with Crippen molar-refractivity contribution < 1.29 is 0 Å². The van der Waals surface area contributed by atoms with Crippen molar-refractivity contribution in [2.24, 2.45) is 0 Å². The van der Waals surface area contributed by atoms with Crippen molar-refractivity contribution in [1.82, 2.24) is 19.9 Å². The first-order valence-electron chi connectivity index (χ1n) is 6.95. The molecule has 3 rings (SSSR count). The molecule has 5 heteroatoms. The third kappa shape index (κ3) is 3.23. The van der Waals surface area contributed by atoms with Crippen molar-refractivity contribution in [3.8, 4) is 0 Å². The Morgan fingerprint density at radius 2 is 2.19 bits per heavy atom. The van der Waals surface area contributed by atoms with E-state index in [4.69, 9.17) is 11.6 Å². The summed E-state index contributed by atoms with van der Waals surface area (Å²) in [5.41, 5.74) is 2.12. The number of nitrogens with zero attached hydrogens (tertiary/aromatic N) is 3. The molecule has 0 aliphatic heterocycles. The van der Waals surface area contributed by atoms with Crippen LogP contribution >= 0.6 is 11.6 Å². The van der Waals surface area contributed by atoms with Crippen LogP contribution in [-0.4, -0.2) is 20.6 Å². The fourth-order valence-corrected chi connectivity index (χ4v) is 2.61. The van der Waals surface area contributed by atoms with Gasteiger partial charge in [0.25, 0.3) is 0 Å². The number of imidazole rings is 1. The van der Waals surface area contributed by atoms with Crippen molar-refractivity contribution >= 4 is 22.5 Å². The Hall–Kier alpha value is -1.91. The van der Waals surface area contributed by atoms with E-state index in [1.165, 1.54) is 0 Å². The Balaban J connectivity index is 1.72. The Morgan fingerprint density at radius 1 is 1.29 bits per heavy atom. The fraction of sp³-hybridized carbons (Fsp3) is 0.250. The number of nitrogens with one attached hydrogen (secondary N) is 1. The van der Waals surface area contributed by atoms with E-state index >= 15 is 0 Å². The Bertz CT molecular complexity index is 724. The number of pyridine rings is 1. The van der Waals surface area contributed by atoms with Gasteiger partial charge in [0.05, 0.1) is 11.8 Å². The lowest BCUT2D eigenvalue weighted by Gasteiger charge is -2.15. The molecule has 0 spiro atoms. The molecule has 1 aromatic carbocycles. The lowest BCUT2D eigenvalue weighted by Crippen LogP contribution is -2.29. The summed E-state index contributed by atoms with van der Waals surface area (Å²) < 4.78 is 2.07. The van der Waals surface area contributed by atoms with Gasteiger partial charge < -0.3 is 9.88 Å². The maximum Gasteiger partial charge on any atom is 0.0946 e. The molecule has 2 heterocycles. The first-order valence-corrected chi connectivity index (χ1v) is 7.33. The zero-order valence-electron chi connectivity index (χ0n) is 11.8. The predicted molar refractivity (Wildman–Crippen MR) is 85.3 cm³/mol. The van der Waals surface area contributed by atoms with Gasteiger partial charge in [-0.3, -0.25) is 4.98 Å². The first-order chi connectivity index (χ1) is 10.2. The van der Waals surface area contributed by atoms with Crippen LogP contribution in [0.2, 0.25) is 5.02 Å². The SMILES string of the molecule is CC(Cn1ccnc1)NCc1ccc(Cl)c2cccnc12. The molecule has 0 aliphatic carbocycles. The molecular formula is C16H17ClN4. The average Bonchev–Trinajstić information content (AvgIpc) is 3.00. The Morgan fingerprint density at radius 3 is 3.00 bits per heavy atom. The molecule has 1 N–H and O–H groups in total. The van der Waals surface area contributed by atoms with Crippen LogP contribution < -0.4 is 5.32 Å². The third-order valence-electron chi connectivity index (χ3n) is 3.48. The van der Waals surface area contributed by atoms with E-state index in [1.54, 1.807) is 12.4 Å². The van der Waals surface area contributed by atoms with Gasteiger partial charge in [-0.2, -0.15) is 0 Å². The highest BCUT2D eigenvalue weighted by molar-refractivity contribution is 6.35. The molecule has 0 aliphatic rings. The minimum atomic E-state index is 0.341. The minimum absolute atomic E-state index is 0.341. The van der Waals surface area contributed by atoms with Crippen molar-refractivity contribution in [1.29, 1.82) is 0 Å². The molecule has 1 unspecified atom stereocenters. The minimum Gasteiger partial charge on any atom is -0.336 e. The maximum atomic E-state index is 6.22. The molecular weight excluding hydrogens is 284 g/mol. The standard InChI is InChI=1S/C16H17ClN4/c1-12(10-21-8-7-18-11-21)20-9-13-4-5-15(17)14-3-2-6-19-16(13)14/h2-8,11-12,20H,9-10H2,1H3. The zero-order chi connectivity index (χ0) is 14.7. The van der Waals surface area contributed by atoms with Crippen LogP contribution in [0.25, 0.3) is 10.9 Å². The molecule has 1 atom stereocenters. The molecule has 0 saturated carbocycles. The first kappa shape index (κ1) is 14.0. The number of hydrogen-bond acceptors (Lipinski definition) is 3.